The number of amides is 1. The van der Waals surface area contributed by atoms with Crippen molar-refractivity contribution in [3.8, 4) is 5.75 Å². The lowest BCUT2D eigenvalue weighted by Crippen LogP contribution is -2.20. The molecular weight excluding hydrogens is 386 g/mol. The number of fused-ring (bicyclic) bond motifs is 1. The fourth-order valence-electron chi connectivity index (χ4n) is 3.03. The van der Waals surface area contributed by atoms with E-state index in [1.165, 1.54) is 4.68 Å². The second-order valence-corrected chi connectivity index (χ2v) is 6.90. The van der Waals surface area contributed by atoms with E-state index in [4.69, 9.17) is 21.4 Å². The molecule has 6 nitrogen and oxygen atoms in total. The van der Waals surface area contributed by atoms with E-state index in [1.54, 1.807) is 0 Å². The third-order valence-electron chi connectivity index (χ3n) is 4.45. The van der Waals surface area contributed by atoms with Crippen molar-refractivity contribution < 1.29 is 13.9 Å². The largest absolute Gasteiger partial charge is 0.484 e. The molecule has 0 radical (unpaired) electrons. The Morgan fingerprint density at radius 3 is 2.72 bits per heavy atom. The Balaban J connectivity index is 1.43. The summed E-state index contributed by atoms with van der Waals surface area (Å²) in [4.78, 5) is 12.6. The Morgan fingerprint density at radius 1 is 1.10 bits per heavy atom. The molecule has 4 rings (SSSR count). The Hall–Kier alpha value is -3.45. The predicted molar refractivity (Wildman–Crippen MR) is 113 cm³/mol. The minimum absolute atomic E-state index is 0.0457. The van der Waals surface area contributed by atoms with Gasteiger partial charge in [0.15, 0.2) is 6.61 Å². The molecule has 0 aliphatic heterocycles. The third kappa shape index (κ3) is 4.35. The molecule has 0 fully saturated rings. The molecule has 7 heteroatoms. The van der Waals surface area contributed by atoms with Gasteiger partial charge in [0.1, 0.15) is 12.3 Å². The molecule has 0 spiro atoms. The lowest BCUT2D eigenvalue weighted by molar-refractivity contribution is -0.117. The van der Waals surface area contributed by atoms with Crippen molar-refractivity contribution in [2.75, 3.05) is 5.32 Å². The number of nitrogens with one attached hydrogen (secondary N) is 1. The maximum absolute atomic E-state index is 12.5. The highest BCUT2D eigenvalue weighted by Crippen LogP contribution is 2.23. The van der Waals surface area contributed by atoms with Crippen LogP contribution in [0.2, 0.25) is 0 Å². The number of rotatable bonds is 6. The summed E-state index contributed by atoms with van der Waals surface area (Å²) in [5.41, 5.74) is 1.76. The van der Waals surface area contributed by atoms with E-state index in [2.05, 4.69) is 10.4 Å². The van der Waals surface area contributed by atoms with Gasteiger partial charge in [-0.25, -0.2) is 4.68 Å². The molecule has 4 aromatic rings. The number of benzene rings is 3. The first-order chi connectivity index (χ1) is 14.1. The van der Waals surface area contributed by atoms with Gasteiger partial charge in [-0.1, -0.05) is 54.6 Å². The van der Waals surface area contributed by atoms with Gasteiger partial charge in [-0.15, -0.1) is 5.10 Å². The zero-order valence-electron chi connectivity index (χ0n) is 15.8. The molecule has 146 valence electrons. The fourth-order valence-corrected chi connectivity index (χ4v) is 3.23. The number of hydrogen-bond acceptors (Lipinski definition) is 5. The van der Waals surface area contributed by atoms with Crippen LogP contribution in [0.3, 0.4) is 0 Å². The summed E-state index contributed by atoms with van der Waals surface area (Å²) in [6, 6.07) is 21.3. The standard InChI is InChI=1S/C22H19N3O3S/c1-15-7-2-5-12-19(15)27-14-21-24-25(22(29)28-21)13-20(26)23-18-11-6-9-16-8-3-4-10-17(16)18/h2-12H,13-14H2,1H3,(H,23,26). The average molecular weight is 405 g/mol. The minimum Gasteiger partial charge on any atom is -0.484 e. The van der Waals surface area contributed by atoms with Gasteiger partial charge in [-0.05, 0) is 42.2 Å². The van der Waals surface area contributed by atoms with E-state index in [0.29, 0.717) is 5.89 Å². The van der Waals surface area contributed by atoms with Crippen molar-refractivity contribution in [1.29, 1.82) is 0 Å². The highest BCUT2D eigenvalue weighted by Gasteiger charge is 2.12. The predicted octanol–water partition coefficient (Wildman–Crippen LogP) is 4.88. The molecule has 0 saturated heterocycles. The second-order valence-electron chi connectivity index (χ2n) is 6.55. The SMILES string of the molecule is Cc1ccccc1OCc1nn(CC(=O)Nc2cccc3ccccc23)c(=S)o1. The summed E-state index contributed by atoms with van der Waals surface area (Å²) in [6.07, 6.45) is 0. The zero-order valence-corrected chi connectivity index (χ0v) is 16.6. The summed E-state index contributed by atoms with van der Waals surface area (Å²) in [6.45, 7) is 2.05. The first-order valence-electron chi connectivity index (χ1n) is 9.13. The van der Waals surface area contributed by atoms with Crippen LogP contribution in [0.1, 0.15) is 11.5 Å². The topological polar surface area (TPSA) is 69.3 Å². The second kappa shape index (κ2) is 8.28. The molecule has 1 N–H and O–H groups in total. The van der Waals surface area contributed by atoms with Crippen molar-refractivity contribution in [2.24, 2.45) is 0 Å². The first kappa shape index (κ1) is 18.9. The van der Waals surface area contributed by atoms with Crippen LogP contribution < -0.4 is 10.1 Å². The average Bonchev–Trinajstić information content (AvgIpc) is 3.07. The molecule has 29 heavy (non-hydrogen) atoms. The van der Waals surface area contributed by atoms with Gasteiger partial charge in [0.05, 0.1) is 0 Å². The van der Waals surface area contributed by atoms with Crippen molar-refractivity contribution >= 4 is 34.6 Å². The number of aryl methyl sites for hydroxylation is 1. The molecule has 3 aromatic carbocycles. The third-order valence-corrected chi connectivity index (χ3v) is 4.74. The summed E-state index contributed by atoms with van der Waals surface area (Å²) in [7, 11) is 0. The summed E-state index contributed by atoms with van der Waals surface area (Å²) < 4.78 is 12.5. The van der Waals surface area contributed by atoms with Crippen LogP contribution in [-0.2, 0) is 17.9 Å². The highest BCUT2D eigenvalue weighted by atomic mass is 32.1. The van der Waals surface area contributed by atoms with E-state index >= 15 is 0 Å². The molecule has 1 amide bonds. The molecule has 0 unspecified atom stereocenters. The number of carbonyl (C=O) groups excluding carboxylic acids is 1. The summed E-state index contributed by atoms with van der Waals surface area (Å²) >= 11 is 5.19. The van der Waals surface area contributed by atoms with E-state index in [0.717, 1.165) is 27.8 Å². The van der Waals surface area contributed by atoms with Gasteiger partial charge in [0.2, 0.25) is 5.91 Å². The van der Waals surface area contributed by atoms with Gasteiger partial charge in [0, 0.05) is 11.1 Å². The van der Waals surface area contributed by atoms with Gasteiger partial charge >= 0.3 is 0 Å². The molecule has 0 aliphatic carbocycles. The van der Waals surface area contributed by atoms with Crippen molar-refractivity contribution in [1.82, 2.24) is 9.78 Å². The molecule has 0 atom stereocenters. The van der Waals surface area contributed by atoms with Crippen molar-refractivity contribution in [2.45, 2.75) is 20.1 Å². The van der Waals surface area contributed by atoms with Gasteiger partial charge < -0.3 is 14.5 Å². The van der Waals surface area contributed by atoms with Gasteiger partial charge in [0.25, 0.3) is 10.7 Å². The smallest absolute Gasteiger partial charge is 0.287 e. The van der Waals surface area contributed by atoms with Crippen LogP contribution in [0.4, 0.5) is 5.69 Å². The maximum Gasteiger partial charge on any atom is 0.287 e. The fraction of sp³-hybridized carbons (Fsp3) is 0.136. The van der Waals surface area contributed by atoms with Crippen LogP contribution in [-0.4, -0.2) is 15.7 Å². The Labute approximate surface area is 172 Å². The number of aromatic nitrogens is 2. The molecule has 1 aromatic heterocycles. The van der Waals surface area contributed by atoms with Crippen molar-refractivity contribution in [3.05, 3.63) is 83.0 Å². The van der Waals surface area contributed by atoms with Crippen LogP contribution in [0, 0.1) is 11.8 Å². The monoisotopic (exact) mass is 405 g/mol. The lowest BCUT2D eigenvalue weighted by Gasteiger charge is -2.08. The number of para-hydroxylation sites is 1. The van der Waals surface area contributed by atoms with Crippen LogP contribution in [0.15, 0.2) is 71.1 Å². The van der Waals surface area contributed by atoms with Gasteiger partial charge in [-0.2, -0.15) is 0 Å². The van der Waals surface area contributed by atoms with Crippen LogP contribution in [0.5, 0.6) is 5.75 Å². The van der Waals surface area contributed by atoms with E-state index < -0.39 is 0 Å². The summed E-state index contributed by atoms with van der Waals surface area (Å²) in [5.74, 6) is 0.824. The number of hydrogen-bond donors (Lipinski definition) is 1. The van der Waals surface area contributed by atoms with Gasteiger partial charge in [-0.3, -0.25) is 4.79 Å². The van der Waals surface area contributed by atoms with E-state index in [9.17, 15) is 4.79 Å². The molecular formula is C22H19N3O3S. The minimum atomic E-state index is -0.239. The summed E-state index contributed by atoms with van der Waals surface area (Å²) in [5, 5.41) is 9.20. The van der Waals surface area contributed by atoms with E-state index in [-0.39, 0.29) is 23.9 Å². The normalized spacial score (nSPS) is 10.8. The number of nitrogens with zero attached hydrogens (tertiary/aromatic N) is 2. The molecule has 1 heterocycles. The van der Waals surface area contributed by atoms with Crippen LogP contribution in [0.25, 0.3) is 10.8 Å². The molecule has 0 aliphatic rings. The quantitative estimate of drug-likeness (QED) is 0.463. The van der Waals surface area contributed by atoms with Crippen LogP contribution >= 0.6 is 12.2 Å². The zero-order chi connectivity index (χ0) is 20.2. The Kier molecular flexibility index (Phi) is 5.39. The first-order valence-corrected chi connectivity index (χ1v) is 9.54. The number of anilines is 1. The Bertz CT molecular complexity index is 1220. The number of carbonyl (C=O) groups is 1. The maximum atomic E-state index is 12.5. The Morgan fingerprint density at radius 2 is 1.86 bits per heavy atom. The van der Waals surface area contributed by atoms with E-state index in [1.807, 2.05) is 73.7 Å². The highest BCUT2D eigenvalue weighted by molar-refractivity contribution is 7.71. The lowest BCUT2D eigenvalue weighted by atomic mass is 10.1. The molecule has 0 bridgehead atoms. The molecule has 0 saturated carbocycles. The number of ether oxygens (including phenoxy) is 1. The van der Waals surface area contributed by atoms with Crippen molar-refractivity contribution in [3.63, 3.8) is 0 Å².